The molecule has 0 spiro atoms. The van der Waals surface area contributed by atoms with E-state index in [9.17, 15) is 14.4 Å². The smallest absolute Gasteiger partial charge is 0.327 e. The SMILES string of the molecule is CC[C@H](c1cccc(Cl)c1)N(C)C(=O)N1C(=O)[C@H](Cc2ccnc(N(Cc3ccc(OC)cc3)Cc3ccc(OC)cc3)c2)[C@H]1C(=O)N(C)c1ccnn1C. The molecule has 13 heteroatoms. The third-order valence-electron chi connectivity index (χ3n) is 10.2. The molecule has 0 N–H and O–H groups in total. The van der Waals surface area contributed by atoms with E-state index >= 15 is 0 Å². The fraction of sp³-hybridized carbons (Fsp3) is 0.310. The van der Waals surface area contributed by atoms with Crippen LogP contribution in [0.5, 0.6) is 11.5 Å². The lowest BCUT2D eigenvalue weighted by Crippen LogP contribution is -2.70. The number of pyridine rings is 1. The molecule has 0 saturated carbocycles. The number of hydrogen-bond acceptors (Lipinski definition) is 8. The molecular weight excluding hydrogens is 718 g/mol. The number of amides is 4. The van der Waals surface area contributed by atoms with Crippen LogP contribution in [0, 0.1) is 5.92 Å². The highest BCUT2D eigenvalue weighted by Crippen LogP contribution is 2.36. The van der Waals surface area contributed by atoms with Gasteiger partial charge in [0.25, 0.3) is 5.91 Å². The van der Waals surface area contributed by atoms with E-state index in [4.69, 9.17) is 26.1 Å². The van der Waals surface area contributed by atoms with Crippen molar-refractivity contribution < 1.29 is 23.9 Å². The number of imide groups is 1. The minimum atomic E-state index is -1.05. The highest BCUT2D eigenvalue weighted by Gasteiger charge is 2.56. The first-order valence-electron chi connectivity index (χ1n) is 18.1. The molecule has 55 heavy (non-hydrogen) atoms. The molecule has 0 bridgehead atoms. The van der Waals surface area contributed by atoms with E-state index in [1.165, 1.54) is 9.80 Å². The number of methoxy groups -OCH3 is 2. The van der Waals surface area contributed by atoms with Gasteiger partial charge in [-0.1, -0.05) is 54.9 Å². The van der Waals surface area contributed by atoms with Gasteiger partial charge in [-0.05, 0) is 83.6 Å². The Morgan fingerprint density at radius 1 is 0.855 bits per heavy atom. The molecule has 3 atom stereocenters. The lowest BCUT2D eigenvalue weighted by molar-refractivity contribution is -0.157. The zero-order chi connectivity index (χ0) is 39.2. The van der Waals surface area contributed by atoms with Gasteiger partial charge in [-0.25, -0.2) is 9.78 Å². The van der Waals surface area contributed by atoms with Crippen LogP contribution >= 0.6 is 11.6 Å². The Labute approximate surface area is 326 Å². The van der Waals surface area contributed by atoms with Crippen LogP contribution < -0.4 is 19.3 Å². The third kappa shape index (κ3) is 8.44. The highest BCUT2D eigenvalue weighted by atomic mass is 35.5. The molecule has 1 aliphatic rings. The molecule has 12 nitrogen and oxygen atoms in total. The van der Waals surface area contributed by atoms with Crippen molar-refractivity contribution in [3.05, 3.63) is 131 Å². The second kappa shape index (κ2) is 17.1. The number of benzene rings is 3. The Balaban J connectivity index is 1.30. The van der Waals surface area contributed by atoms with Gasteiger partial charge in [0.2, 0.25) is 5.91 Å². The van der Waals surface area contributed by atoms with Crippen molar-refractivity contribution in [1.29, 1.82) is 0 Å². The summed E-state index contributed by atoms with van der Waals surface area (Å²) in [4.78, 5) is 53.7. The molecular formula is C42H46ClN7O5. The van der Waals surface area contributed by atoms with Crippen LogP contribution in [0.1, 0.15) is 41.6 Å². The first-order chi connectivity index (χ1) is 26.5. The van der Waals surface area contributed by atoms with E-state index in [1.54, 1.807) is 64.6 Å². The topological polar surface area (TPSA) is 113 Å². The molecule has 1 saturated heterocycles. The van der Waals surface area contributed by atoms with Crippen LogP contribution in [0.3, 0.4) is 0 Å². The molecule has 286 valence electrons. The maximum Gasteiger partial charge on any atom is 0.327 e. The molecule has 3 aromatic carbocycles. The lowest BCUT2D eigenvalue weighted by atomic mass is 9.81. The van der Waals surface area contributed by atoms with Gasteiger partial charge in [-0.2, -0.15) is 5.10 Å². The third-order valence-corrected chi connectivity index (χ3v) is 10.4. The number of halogens is 1. The molecule has 5 aromatic rings. The van der Waals surface area contributed by atoms with Crippen LogP contribution in [0.15, 0.2) is 103 Å². The van der Waals surface area contributed by atoms with Gasteiger partial charge in [-0.3, -0.25) is 24.1 Å². The van der Waals surface area contributed by atoms with Gasteiger partial charge in [0, 0.05) is 51.5 Å². The number of likely N-dealkylation sites (N-methyl/N-ethyl adjacent to an activating group) is 1. The monoisotopic (exact) mass is 763 g/mol. The molecule has 3 heterocycles. The van der Waals surface area contributed by atoms with Crippen LogP contribution in [0.4, 0.5) is 16.4 Å². The van der Waals surface area contributed by atoms with E-state index in [1.807, 2.05) is 85.8 Å². The van der Waals surface area contributed by atoms with Gasteiger partial charge in [-0.15, -0.1) is 0 Å². The number of carbonyl (C=O) groups excluding carboxylic acids is 3. The van der Waals surface area contributed by atoms with Crippen LogP contribution in [-0.2, 0) is 36.1 Å². The van der Waals surface area contributed by atoms with Gasteiger partial charge < -0.3 is 19.3 Å². The largest absolute Gasteiger partial charge is 0.497 e. The van der Waals surface area contributed by atoms with Crippen molar-refractivity contribution in [1.82, 2.24) is 24.6 Å². The van der Waals surface area contributed by atoms with Crippen molar-refractivity contribution >= 4 is 41.1 Å². The Morgan fingerprint density at radius 3 is 2.04 bits per heavy atom. The first kappa shape index (κ1) is 38.8. The second-order valence-electron chi connectivity index (χ2n) is 13.6. The van der Waals surface area contributed by atoms with Crippen molar-refractivity contribution in [3.63, 3.8) is 0 Å². The summed E-state index contributed by atoms with van der Waals surface area (Å²) >= 11 is 6.30. The number of hydrogen-bond donors (Lipinski definition) is 0. The fourth-order valence-electron chi connectivity index (χ4n) is 7.14. The number of carbonyl (C=O) groups is 3. The molecule has 1 fully saturated rings. The number of anilines is 2. The summed E-state index contributed by atoms with van der Waals surface area (Å²) in [5.74, 6) is 1.17. The normalized spacial score (nSPS) is 15.5. The van der Waals surface area contributed by atoms with E-state index in [0.29, 0.717) is 36.2 Å². The number of nitrogens with zero attached hydrogens (tertiary/aromatic N) is 7. The predicted octanol–water partition coefficient (Wildman–Crippen LogP) is 6.93. The predicted molar refractivity (Wildman–Crippen MR) is 212 cm³/mol. The molecule has 2 aromatic heterocycles. The quantitative estimate of drug-likeness (QED) is 0.112. The summed E-state index contributed by atoms with van der Waals surface area (Å²) in [6.07, 6.45) is 4.11. The van der Waals surface area contributed by atoms with Gasteiger partial charge in [0.05, 0.1) is 32.4 Å². The van der Waals surface area contributed by atoms with E-state index in [2.05, 4.69) is 10.00 Å². The number of likely N-dealkylation sites (tertiary alicyclic amines) is 1. The maximum atomic E-state index is 14.4. The number of rotatable bonds is 14. The summed E-state index contributed by atoms with van der Waals surface area (Å²) in [5, 5.41) is 4.77. The minimum absolute atomic E-state index is 0.224. The van der Waals surface area contributed by atoms with Crippen molar-refractivity contribution in [2.45, 2.75) is 44.9 Å². The highest BCUT2D eigenvalue weighted by molar-refractivity contribution is 6.30. The summed E-state index contributed by atoms with van der Waals surface area (Å²) in [6.45, 7) is 3.05. The number of ether oxygens (including phenoxy) is 2. The fourth-order valence-corrected chi connectivity index (χ4v) is 7.33. The Morgan fingerprint density at radius 2 is 1.49 bits per heavy atom. The second-order valence-corrected chi connectivity index (χ2v) is 14.1. The molecule has 0 aliphatic carbocycles. The standard InChI is InChI=1S/C42H46ClN7O5/c1-7-36(31-9-8-10-32(43)25-31)46(2)42(53)50-39(41(52)47(3)38-20-22-45-48(38)4)35(40(50)51)23-30-19-21-44-37(24-30)49(26-28-11-15-33(54-5)16-12-28)27-29-13-17-34(55-6)18-14-29/h8-22,24-25,35-36,39H,7,23,26-27H2,1-6H3/t35-,36-,39+/m1/s1. The van der Waals surface area contributed by atoms with Gasteiger partial charge in [0.1, 0.15) is 29.2 Å². The molecule has 1 aliphatic heterocycles. The summed E-state index contributed by atoms with van der Waals surface area (Å²) in [6, 6.07) is 26.6. The zero-order valence-corrected chi connectivity index (χ0v) is 32.7. The maximum absolute atomic E-state index is 14.4. The van der Waals surface area contributed by atoms with Crippen LogP contribution in [-0.4, -0.2) is 76.8 Å². The number of urea groups is 1. The summed E-state index contributed by atoms with van der Waals surface area (Å²) in [7, 11) is 8.29. The van der Waals surface area contributed by atoms with Gasteiger partial charge >= 0.3 is 6.03 Å². The average molecular weight is 764 g/mol. The van der Waals surface area contributed by atoms with Crippen LogP contribution in [0.25, 0.3) is 0 Å². The molecule has 0 unspecified atom stereocenters. The molecule has 4 amide bonds. The zero-order valence-electron chi connectivity index (χ0n) is 31.9. The number of aromatic nitrogens is 3. The summed E-state index contributed by atoms with van der Waals surface area (Å²) < 4.78 is 12.3. The van der Waals surface area contributed by atoms with Crippen LogP contribution in [0.2, 0.25) is 5.02 Å². The van der Waals surface area contributed by atoms with Gasteiger partial charge in [0.15, 0.2) is 0 Å². The van der Waals surface area contributed by atoms with Crippen molar-refractivity contribution in [3.8, 4) is 11.5 Å². The van der Waals surface area contributed by atoms with E-state index < -0.39 is 23.9 Å². The van der Waals surface area contributed by atoms with E-state index in [-0.39, 0.29) is 18.4 Å². The number of β-lactam (4-membered cyclic amide) rings is 1. The van der Waals surface area contributed by atoms with Crippen molar-refractivity contribution in [2.24, 2.45) is 13.0 Å². The van der Waals surface area contributed by atoms with Crippen molar-refractivity contribution in [2.75, 3.05) is 38.1 Å². The average Bonchev–Trinajstić information content (AvgIpc) is 3.64. The minimum Gasteiger partial charge on any atom is -0.497 e. The Bertz CT molecular complexity index is 2070. The number of aryl methyl sites for hydroxylation is 1. The Kier molecular flexibility index (Phi) is 12.1. The molecule has 6 rings (SSSR count). The lowest BCUT2D eigenvalue weighted by Gasteiger charge is -2.47. The molecule has 0 radical (unpaired) electrons. The summed E-state index contributed by atoms with van der Waals surface area (Å²) in [5.41, 5.74) is 3.76. The Hall–Kier alpha value is -5.88. The van der Waals surface area contributed by atoms with E-state index in [0.717, 1.165) is 38.7 Å². The first-order valence-corrected chi connectivity index (χ1v) is 18.5.